The molecule has 0 spiro atoms. The number of fused-ring (bicyclic) bond motifs is 23. The molecule has 127 heavy (non-hydrogen) atoms. The molecule has 588 valence electrons. The van der Waals surface area contributed by atoms with E-state index in [1.165, 1.54) is 92.0 Å². The molecule has 24 aromatic rings. The second-order valence-electron chi connectivity index (χ2n) is 33.7. The second-order valence-corrected chi connectivity index (χ2v) is 34.8. The number of anilines is 6. The molecule has 27 rings (SSSR count). The van der Waals surface area contributed by atoms with Crippen LogP contribution in [0.4, 0.5) is 34.1 Å². The van der Waals surface area contributed by atoms with E-state index in [9.17, 15) is 0 Å². The largest absolute Gasteiger partial charge is 0.471 e. The fourth-order valence-corrected chi connectivity index (χ4v) is 22.0. The number of benzene rings is 19. The zero-order chi connectivity index (χ0) is 83.3. The number of nitrogens with zero attached hydrogens (tertiary/aromatic N) is 3. The number of aromatic nitrogens is 1. The van der Waals surface area contributed by atoms with Gasteiger partial charge in [0, 0.05) is 64.9 Å². The molecule has 0 bridgehead atoms. The molecule has 0 atom stereocenters. The lowest BCUT2D eigenvalue weighted by Crippen LogP contribution is -2.73. The van der Waals surface area contributed by atoms with E-state index in [2.05, 4.69) is 441 Å². The van der Waals surface area contributed by atoms with Gasteiger partial charge in [0.05, 0.1) is 45.0 Å². The Morgan fingerprint density at radius 1 is 0.236 bits per heavy atom. The molecular weight excluding hydrogens is 1560 g/mol. The van der Waals surface area contributed by atoms with E-state index >= 15 is 0 Å². The normalized spacial score (nSPS) is 12.8. The van der Waals surface area contributed by atoms with Gasteiger partial charge in [-0.1, -0.05) is 331 Å². The molecule has 0 N–H and O–H groups in total. The average molecular weight is 1630 g/mol. The summed E-state index contributed by atoms with van der Waals surface area (Å²) in [6, 6.07) is 155. The first kappa shape index (κ1) is 72.9. The molecule has 0 amide bonds. The number of para-hydroxylation sites is 7. The monoisotopic (exact) mass is 1630 g/mol. The minimum absolute atomic E-state index is 0.219. The highest BCUT2D eigenvalue weighted by Crippen LogP contribution is 2.51. The third-order valence-corrected chi connectivity index (χ3v) is 27.8. The lowest BCUT2D eigenvalue weighted by atomic mass is 9.24. The standard InChI is InChI=1S/C60H37B2NO2S.C55H34B2N2O2/c1-2-13-38(14-3-1)41-16-12-17-42(37-41)39-25-28-43(29-26-39)62-58-56-48-34-27-40-15-4-5-18-46(40)47(48)35-36-53(56)65-60(58)61(57-49-19-6-9-22-52(49)64-59(57)62)44-30-32-45(33-31-44)63-50-20-7-10-23-54(50)66-55-24-11-8-21-51(55)63;1-3-16-42(17-4-1)59(43-18-5-2-6-19-43)44-28-26-40(27-29-44)56-52-45-20-10-12-22-49(45)60-54(52)57(41-25-23-39-32-38-15-9-11-21-47(38)58-48(39)34-41)53-51-46-33-36-14-8-7-13-35(36)31-37(46)24-30-50(51)61-55(53)56/h1-37H;1-34H. The summed E-state index contributed by atoms with van der Waals surface area (Å²) in [7, 11) is 0. The number of pyridine rings is 1. The van der Waals surface area contributed by atoms with Crippen LogP contribution in [-0.2, 0) is 0 Å². The van der Waals surface area contributed by atoms with E-state index < -0.39 is 0 Å². The van der Waals surface area contributed by atoms with Crippen LogP contribution in [0.3, 0.4) is 0 Å². The Bertz CT molecular complexity index is 8470. The van der Waals surface area contributed by atoms with Gasteiger partial charge in [-0.05, 0) is 221 Å². The highest BCUT2D eigenvalue weighted by molar-refractivity contribution is 7.99. The summed E-state index contributed by atoms with van der Waals surface area (Å²) in [6.07, 6.45) is 0. The Labute approximate surface area is 737 Å². The van der Waals surface area contributed by atoms with Gasteiger partial charge in [0.2, 0.25) is 0 Å². The summed E-state index contributed by atoms with van der Waals surface area (Å²) in [4.78, 5) is 12.4. The molecule has 0 saturated carbocycles. The molecule has 0 aliphatic carbocycles. The fraction of sp³-hybridized carbons (Fsp3) is 0. The Hall–Kier alpha value is -15.7. The van der Waals surface area contributed by atoms with Gasteiger partial charge < -0.3 is 27.5 Å². The van der Waals surface area contributed by atoms with Crippen LogP contribution in [0.1, 0.15) is 0 Å². The van der Waals surface area contributed by atoms with E-state index in [0.29, 0.717) is 0 Å². The minimum Gasteiger partial charge on any atom is -0.471 e. The first-order valence-corrected chi connectivity index (χ1v) is 44.4. The minimum atomic E-state index is -0.254. The predicted molar refractivity (Wildman–Crippen MR) is 536 cm³/mol. The molecule has 19 aromatic carbocycles. The van der Waals surface area contributed by atoms with Crippen molar-refractivity contribution in [3.05, 3.63) is 431 Å². The average Bonchev–Trinajstić information content (AvgIpc) is 1.52. The Morgan fingerprint density at radius 3 is 1.29 bits per heavy atom. The molecule has 0 saturated heterocycles. The highest BCUT2D eigenvalue weighted by Gasteiger charge is 2.49. The smallest absolute Gasteiger partial charge is 0.290 e. The van der Waals surface area contributed by atoms with Gasteiger partial charge >= 0.3 is 0 Å². The van der Waals surface area contributed by atoms with Gasteiger partial charge in [0.15, 0.2) is 0 Å². The Kier molecular flexibility index (Phi) is 16.9. The topological polar surface area (TPSA) is 71.9 Å². The fourth-order valence-electron chi connectivity index (χ4n) is 20.9. The summed E-state index contributed by atoms with van der Waals surface area (Å²) >= 11 is 1.83. The molecule has 8 heterocycles. The maximum Gasteiger partial charge on any atom is 0.290 e. The first-order chi connectivity index (χ1) is 63.0. The van der Waals surface area contributed by atoms with Crippen molar-refractivity contribution in [1.29, 1.82) is 0 Å². The van der Waals surface area contributed by atoms with Crippen molar-refractivity contribution >= 4 is 248 Å². The van der Waals surface area contributed by atoms with E-state index in [1.54, 1.807) is 0 Å². The van der Waals surface area contributed by atoms with Gasteiger partial charge in [-0.25, -0.2) is 4.98 Å². The molecule has 12 heteroatoms. The maximum absolute atomic E-state index is 7.34. The molecule has 3 aliphatic heterocycles. The van der Waals surface area contributed by atoms with Crippen LogP contribution in [0.5, 0.6) is 0 Å². The van der Waals surface area contributed by atoms with Crippen LogP contribution in [0.15, 0.2) is 458 Å². The van der Waals surface area contributed by atoms with Crippen molar-refractivity contribution in [3.8, 4) is 22.3 Å². The number of furan rings is 4. The van der Waals surface area contributed by atoms with Crippen LogP contribution >= 0.6 is 11.8 Å². The van der Waals surface area contributed by atoms with Gasteiger partial charge in [0.25, 0.3) is 26.9 Å². The predicted octanol–water partition coefficient (Wildman–Crippen LogP) is 22.1. The van der Waals surface area contributed by atoms with Crippen molar-refractivity contribution in [3.63, 3.8) is 0 Å². The lowest BCUT2D eigenvalue weighted by molar-refractivity contribution is 0.647. The quantitative estimate of drug-likeness (QED) is 0.0762. The van der Waals surface area contributed by atoms with E-state index in [0.717, 1.165) is 149 Å². The van der Waals surface area contributed by atoms with E-state index in [1.807, 2.05) is 11.8 Å². The van der Waals surface area contributed by atoms with Crippen LogP contribution in [0, 0.1) is 0 Å². The van der Waals surface area contributed by atoms with Crippen LogP contribution < -0.4 is 76.1 Å². The van der Waals surface area contributed by atoms with Crippen molar-refractivity contribution in [1.82, 2.24) is 4.98 Å². The summed E-state index contributed by atoms with van der Waals surface area (Å²) in [5.74, 6) is 0. The number of hydrogen-bond donors (Lipinski definition) is 0. The summed E-state index contributed by atoms with van der Waals surface area (Å²) in [5.41, 5.74) is 30.0. The first-order valence-electron chi connectivity index (χ1n) is 43.6. The van der Waals surface area contributed by atoms with Crippen molar-refractivity contribution in [2.24, 2.45) is 0 Å². The number of hydrogen-bond acceptors (Lipinski definition) is 8. The molecule has 7 nitrogen and oxygen atoms in total. The third-order valence-electron chi connectivity index (χ3n) is 26.6. The SMILES string of the molecule is c1ccc(-c2cccc(-c3ccc(B4c5oc6ccccc6c5B(c5ccc(N6c7ccccc7Sc7ccccc76)cc5)c5oc6ccc7c8ccccc8ccc7c6c54)cc3)c2)cc1.c1ccc(N(c2ccccc2)c2ccc(B3c4oc5ccc6cc7ccccc7cc6c5c4B(c4ccc5cc6ccccc6nc5c4)c4oc5ccccc5c43)cc2)cc1. The summed E-state index contributed by atoms with van der Waals surface area (Å²) in [5, 5.41) is 16.3. The summed E-state index contributed by atoms with van der Waals surface area (Å²) in [6.45, 7) is -0.926. The zero-order valence-corrected chi connectivity index (χ0v) is 69.5. The third kappa shape index (κ3) is 11.9. The van der Waals surface area contributed by atoms with Gasteiger partial charge in [-0.3, -0.25) is 0 Å². The molecule has 0 radical (unpaired) electrons. The van der Waals surface area contributed by atoms with Crippen molar-refractivity contribution in [2.75, 3.05) is 9.80 Å². The van der Waals surface area contributed by atoms with Crippen molar-refractivity contribution in [2.45, 2.75) is 9.79 Å². The molecule has 3 aliphatic rings. The van der Waals surface area contributed by atoms with E-state index in [-0.39, 0.29) is 26.9 Å². The number of rotatable bonds is 10. The highest BCUT2D eigenvalue weighted by atomic mass is 32.2. The zero-order valence-electron chi connectivity index (χ0n) is 68.7. The van der Waals surface area contributed by atoms with Gasteiger partial charge in [-0.2, -0.15) is 0 Å². The van der Waals surface area contributed by atoms with Gasteiger partial charge in [-0.15, -0.1) is 0 Å². The van der Waals surface area contributed by atoms with Crippen molar-refractivity contribution < 1.29 is 17.7 Å². The van der Waals surface area contributed by atoms with Gasteiger partial charge in [0.1, 0.15) is 22.3 Å². The van der Waals surface area contributed by atoms with Crippen LogP contribution in [0.25, 0.3) is 131 Å². The van der Waals surface area contributed by atoms with Crippen LogP contribution in [0.2, 0.25) is 0 Å². The molecule has 0 unspecified atom stereocenters. The molecule has 0 fully saturated rings. The molecular formula is C115H71B4N3O4S. The summed E-state index contributed by atoms with van der Waals surface area (Å²) < 4.78 is 29.0. The maximum atomic E-state index is 7.34. The van der Waals surface area contributed by atoms with E-state index in [4.69, 9.17) is 22.7 Å². The second kappa shape index (κ2) is 29.5. The van der Waals surface area contributed by atoms with Crippen LogP contribution in [-0.4, -0.2) is 31.8 Å². The lowest BCUT2D eigenvalue weighted by Gasteiger charge is -2.33. The molecule has 5 aromatic heterocycles. The Morgan fingerprint density at radius 2 is 0.654 bits per heavy atom. The Balaban J connectivity index is 0.000000135.